The number of imidazole rings is 1. The molecule has 3 aromatic carbocycles. The number of aromatic amines is 1. The summed E-state index contributed by atoms with van der Waals surface area (Å²) in [4.78, 5) is 29.4. The zero-order valence-electron chi connectivity index (χ0n) is 29.5. The number of amides is 1. The molecule has 53 heavy (non-hydrogen) atoms. The van der Waals surface area contributed by atoms with Crippen LogP contribution in [0.5, 0.6) is 0 Å². The highest BCUT2D eigenvalue weighted by Gasteiger charge is 2.44. The molecule has 0 saturated carbocycles. The molecule has 0 aliphatic carbocycles. The number of aryl methyl sites for hydroxylation is 3. The third-order valence-corrected chi connectivity index (χ3v) is 9.41. The van der Waals surface area contributed by atoms with Gasteiger partial charge in [0.05, 0.1) is 16.6 Å². The SMILES string of the molecule is C1COC1.Cc1[nH]nc2c(C)cc(C(=O)Nc3ccc4c(c3)nc(C(F)(F)N3CC=C(/C(=C/C=C\C=O)NCc5ccc(Cl)cc5F)CC3)n4C)cc12. The van der Waals surface area contributed by atoms with Crippen LogP contribution in [0.15, 0.2) is 84.1 Å². The van der Waals surface area contributed by atoms with Gasteiger partial charge in [-0.2, -0.15) is 13.9 Å². The van der Waals surface area contributed by atoms with Gasteiger partial charge in [-0.15, -0.1) is 0 Å². The molecule has 276 valence electrons. The van der Waals surface area contributed by atoms with Gasteiger partial charge in [-0.1, -0.05) is 29.8 Å². The Balaban J connectivity index is 0.00000113. The van der Waals surface area contributed by atoms with Crippen molar-refractivity contribution in [3.63, 3.8) is 0 Å². The van der Waals surface area contributed by atoms with E-state index >= 15 is 8.78 Å². The number of ether oxygens (including phenoxy) is 1. The Bertz CT molecular complexity index is 2250. The zero-order valence-corrected chi connectivity index (χ0v) is 30.2. The number of aromatic nitrogens is 4. The van der Waals surface area contributed by atoms with Crippen LogP contribution in [-0.4, -0.2) is 63.1 Å². The van der Waals surface area contributed by atoms with Crippen molar-refractivity contribution in [3.8, 4) is 0 Å². The second kappa shape index (κ2) is 16.2. The summed E-state index contributed by atoms with van der Waals surface area (Å²) in [6.07, 6.45) is 8.34. The summed E-state index contributed by atoms with van der Waals surface area (Å²) >= 11 is 5.87. The van der Waals surface area contributed by atoms with Gasteiger partial charge < -0.3 is 19.9 Å². The Labute approximate surface area is 309 Å². The molecule has 10 nitrogen and oxygen atoms in total. The molecule has 0 radical (unpaired) electrons. The number of rotatable bonds is 10. The maximum atomic E-state index is 16.1. The number of nitrogens with zero attached hydrogens (tertiary/aromatic N) is 4. The van der Waals surface area contributed by atoms with E-state index < -0.39 is 17.7 Å². The van der Waals surface area contributed by atoms with Gasteiger partial charge in [0.15, 0.2) is 5.82 Å². The minimum absolute atomic E-state index is 0.00889. The molecule has 4 heterocycles. The Morgan fingerprint density at radius 2 is 1.89 bits per heavy atom. The number of hydrogen-bond donors (Lipinski definition) is 3. The first-order valence-corrected chi connectivity index (χ1v) is 17.5. The lowest BCUT2D eigenvalue weighted by Gasteiger charge is -2.33. The van der Waals surface area contributed by atoms with Gasteiger partial charge >= 0.3 is 6.05 Å². The minimum Gasteiger partial charge on any atom is -0.381 e. The quantitative estimate of drug-likeness (QED) is 0.0583. The van der Waals surface area contributed by atoms with Crippen molar-refractivity contribution in [1.82, 2.24) is 30.0 Å². The largest absolute Gasteiger partial charge is 0.381 e. The van der Waals surface area contributed by atoms with E-state index in [0.717, 1.165) is 45.8 Å². The van der Waals surface area contributed by atoms with E-state index in [1.807, 2.05) is 13.8 Å². The monoisotopic (exact) mass is 745 g/mol. The van der Waals surface area contributed by atoms with Crippen molar-refractivity contribution in [2.75, 3.05) is 31.6 Å². The Kier molecular flexibility index (Phi) is 11.5. The molecule has 2 aliphatic heterocycles. The molecule has 1 saturated heterocycles. The fraction of sp³-hybridized carbons (Fsp3) is 0.282. The lowest BCUT2D eigenvalue weighted by molar-refractivity contribution is -0.159. The summed E-state index contributed by atoms with van der Waals surface area (Å²) in [5, 5.41) is 14.4. The topological polar surface area (TPSA) is 117 Å². The van der Waals surface area contributed by atoms with Crippen LogP contribution < -0.4 is 10.6 Å². The standard InChI is InChI=1S/C36H33ClF3N7O2.C3H6O/c1-21-16-25(17-28-22(2)44-45-33(21)28)34(49)42-27-9-10-32-31(19-27)43-35(46(32)3)36(39,40)47-13-11-23(12-14-47)30(6-4-5-15-48)41-20-24-7-8-26(37)18-29(24)38;1-2-4-3-1/h4-11,15-19,41H,12-14,20H2,1-3H3,(H,42,49)(H,44,45);1-3H2/b5-4-,30-6-;. The maximum absolute atomic E-state index is 16.1. The lowest BCUT2D eigenvalue weighted by atomic mass is 10.0. The lowest BCUT2D eigenvalue weighted by Crippen LogP contribution is -2.44. The van der Waals surface area contributed by atoms with E-state index in [2.05, 4.69) is 25.8 Å². The van der Waals surface area contributed by atoms with Crippen LogP contribution in [0, 0.1) is 19.7 Å². The molecule has 14 heteroatoms. The van der Waals surface area contributed by atoms with E-state index in [1.54, 1.807) is 54.6 Å². The molecule has 5 aromatic rings. The number of carbonyl (C=O) groups is 2. The Hall–Kier alpha value is -5.24. The first kappa shape index (κ1) is 37.5. The number of halogens is 4. The van der Waals surface area contributed by atoms with Gasteiger partial charge in [0.25, 0.3) is 5.91 Å². The predicted octanol–water partition coefficient (Wildman–Crippen LogP) is 7.63. The number of nitrogens with one attached hydrogen (secondary N) is 3. The number of alkyl halides is 2. The number of H-pyrrole nitrogens is 1. The maximum Gasteiger partial charge on any atom is 0.364 e. The van der Waals surface area contributed by atoms with Gasteiger partial charge in [0, 0.05) is 78.5 Å². The first-order chi connectivity index (χ1) is 25.5. The molecule has 0 atom stereocenters. The highest BCUT2D eigenvalue weighted by molar-refractivity contribution is 6.30. The zero-order chi connectivity index (χ0) is 37.7. The molecule has 0 unspecified atom stereocenters. The summed E-state index contributed by atoms with van der Waals surface area (Å²) in [5.41, 5.74) is 5.88. The summed E-state index contributed by atoms with van der Waals surface area (Å²) in [7, 11) is 1.54. The van der Waals surface area contributed by atoms with Gasteiger partial charge in [0.2, 0.25) is 0 Å². The van der Waals surface area contributed by atoms with Crippen molar-refractivity contribution < 1.29 is 27.5 Å². The molecule has 0 bridgehead atoms. The number of fused-ring (bicyclic) bond motifs is 2. The van der Waals surface area contributed by atoms with E-state index in [1.165, 1.54) is 36.3 Å². The summed E-state index contributed by atoms with van der Waals surface area (Å²) in [5.74, 6) is -1.24. The van der Waals surface area contributed by atoms with E-state index in [-0.39, 0.29) is 37.0 Å². The second-order valence-corrected chi connectivity index (χ2v) is 13.2. The van der Waals surface area contributed by atoms with Crippen LogP contribution in [0.1, 0.15) is 45.8 Å². The van der Waals surface area contributed by atoms with Crippen molar-refractivity contribution >= 4 is 51.4 Å². The van der Waals surface area contributed by atoms with E-state index in [4.69, 9.17) is 16.3 Å². The smallest absolute Gasteiger partial charge is 0.364 e. The molecule has 1 fully saturated rings. The molecule has 1 amide bonds. The number of aldehydes is 1. The molecule has 3 N–H and O–H groups in total. The van der Waals surface area contributed by atoms with E-state index in [9.17, 15) is 14.0 Å². The van der Waals surface area contributed by atoms with Crippen molar-refractivity contribution in [2.24, 2.45) is 7.05 Å². The van der Waals surface area contributed by atoms with Crippen LogP contribution in [0.3, 0.4) is 0 Å². The molecule has 7 rings (SSSR count). The Morgan fingerprint density at radius 3 is 2.57 bits per heavy atom. The second-order valence-electron chi connectivity index (χ2n) is 12.8. The van der Waals surface area contributed by atoms with E-state index in [0.29, 0.717) is 39.8 Å². The highest BCUT2D eigenvalue weighted by Crippen LogP contribution is 2.36. The molecule has 0 spiro atoms. The van der Waals surface area contributed by atoms with Crippen molar-refractivity contribution in [2.45, 2.75) is 39.3 Å². The molecule has 2 aliphatic rings. The minimum atomic E-state index is -3.42. The fourth-order valence-electron chi connectivity index (χ4n) is 6.08. The summed E-state index contributed by atoms with van der Waals surface area (Å²) < 4.78 is 52.6. The van der Waals surface area contributed by atoms with Crippen LogP contribution in [0.2, 0.25) is 5.02 Å². The Morgan fingerprint density at radius 1 is 1.11 bits per heavy atom. The number of hydrogen-bond acceptors (Lipinski definition) is 7. The third-order valence-electron chi connectivity index (χ3n) is 9.18. The van der Waals surface area contributed by atoms with Crippen LogP contribution >= 0.6 is 11.6 Å². The summed E-state index contributed by atoms with van der Waals surface area (Å²) in [6, 6.07) is 9.36. The van der Waals surface area contributed by atoms with Crippen molar-refractivity contribution in [1.29, 1.82) is 0 Å². The number of benzene rings is 3. The normalized spacial score (nSPS) is 15.2. The van der Waals surface area contributed by atoms with Gasteiger partial charge in [-0.3, -0.25) is 14.7 Å². The average Bonchev–Trinajstić information content (AvgIpc) is 3.65. The number of allylic oxidation sites excluding steroid dienone is 4. The van der Waals surface area contributed by atoms with Gasteiger partial charge in [-0.05, 0) is 92.4 Å². The van der Waals surface area contributed by atoms with Gasteiger partial charge in [0.1, 0.15) is 12.1 Å². The molecular weight excluding hydrogens is 707 g/mol. The molecule has 2 aromatic heterocycles. The third kappa shape index (κ3) is 8.38. The fourth-order valence-corrected chi connectivity index (χ4v) is 6.24. The highest BCUT2D eigenvalue weighted by atomic mass is 35.5. The summed E-state index contributed by atoms with van der Waals surface area (Å²) in [6.45, 7) is 5.81. The molecular formula is C39H39ClF3N7O3. The van der Waals surface area contributed by atoms with Crippen LogP contribution in [0.25, 0.3) is 21.9 Å². The first-order valence-electron chi connectivity index (χ1n) is 17.1. The van der Waals surface area contributed by atoms with Crippen molar-refractivity contribution in [3.05, 3.63) is 123 Å². The predicted molar refractivity (Wildman–Crippen MR) is 199 cm³/mol. The average molecular weight is 746 g/mol. The van der Waals surface area contributed by atoms with Gasteiger partial charge in [-0.25, -0.2) is 14.3 Å². The van der Waals surface area contributed by atoms with Crippen LogP contribution in [-0.2, 0) is 29.2 Å². The number of anilines is 1. The number of carbonyl (C=O) groups excluding carboxylic acids is 2. The van der Waals surface area contributed by atoms with Crippen LogP contribution in [0.4, 0.5) is 18.9 Å².